The van der Waals surface area contributed by atoms with Crippen LogP contribution in [0.5, 0.6) is 0 Å². The molecule has 1 rings (SSSR count). The molecule has 0 heterocycles. The standard InChI is InChI=1S/C8H12N2O/c1-10(8(11)5-9)6-7-3-2-4-7/h7H,2-4,6H2,1H3. The van der Waals surface area contributed by atoms with Gasteiger partial charge in [-0.15, -0.1) is 0 Å². The second-order valence-corrected chi connectivity index (χ2v) is 3.09. The molecule has 0 radical (unpaired) electrons. The van der Waals surface area contributed by atoms with Crippen LogP contribution in [0.2, 0.25) is 0 Å². The minimum Gasteiger partial charge on any atom is -0.333 e. The highest BCUT2D eigenvalue weighted by atomic mass is 16.2. The SMILES string of the molecule is CN(CC1CCC1)C(=O)C#N. The number of nitriles is 1. The molecular formula is C8H12N2O. The largest absolute Gasteiger partial charge is 0.333 e. The van der Waals surface area contributed by atoms with Gasteiger partial charge >= 0.3 is 5.91 Å². The molecule has 0 aliphatic heterocycles. The van der Waals surface area contributed by atoms with Crippen molar-refractivity contribution < 1.29 is 4.79 Å². The Balaban J connectivity index is 2.25. The molecule has 0 aromatic rings. The maximum Gasteiger partial charge on any atom is 0.324 e. The molecule has 3 nitrogen and oxygen atoms in total. The van der Waals surface area contributed by atoms with Crippen LogP contribution in [0.1, 0.15) is 19.3 Å². The van der Waals surface area contributed by atoms with Crippen LogP contribution in [-0.4, -0.2) is 24.4 Å². The predicted molar refractivity (Wildman–Crippen MR) is 40.6 cm³/mol. The molecule has 0 bridgehead atoms. The van der Waals surface area contributed by atoms with E-state index in [1.165, 1.54) is 24.2 Å². The number of rotatable bonds is 2. The van der Waals surface area contributed by atoms with Crippen LogP contribution < -0.4 is 0 Å². The van der Waals surface area contributed by atoms with Crippen molar-refractivity contribution in [2.75, 3.05) is 13.6 Å². The Bertz CT molecular complexity index is 191. The molecule has 60 valence electrons. The normalized spacial score (nSPS) is 16.7. The van der Waals surface area contributed by atoms with E-state index in [-0.39, 0.29) is 0 Å². The van der Waals surface area contributed by atoms with E-state index < -0.39 is 5.91 Å². The fourth-order valence-electron chi connectivity index (χ4n) is 1.23. The van der Waals surface area contributed by atoms with E-state index in [0.717, 1.165) is 6.54 Å². The number of hydrogen-bond acceptors (Lipinski definition) is 2. The summed E-state index contributed by atoms with van der Waals surface area (Å²) < 4.78 is 0. The lowest BCUT2D eigenvalue weighted by Gasteiger charge is -2.28. The highest BCUT2D eigenvalue weighted by molar-refractivity contribution is 5.90. The molecule has 0 spiro atoms. The topological polar surface area (TPSA) is 44.1 Å². The van der Waals surface area contributed by atoms with E-state index in [1.54, 1.807) is 13.1 Å². The lowest BCUT2D eigenvalue weighted by Crippen LogP contribution is -2.33. The highest BCUT2D eigenvalue weighted by Gasteiger charge is 2.20. The van der Waals surface area contributed by atoms with Crippen molar-refractivity contribution >= 4 is 5.91 Å². The summed E-state index contributed by atoms with van der Waals surface area (Å²) in [5, 5.41) is 8.27. The third-order valence-corrected chi connectivity index (χ3v) is 2.20. The van der Waals surface area contributed by atoms with E-state index >= 15 is 0 Å². The Morgan fingerprint density at radius 1 is 1.73 bits per heavy atom. The second-order valence-electron chi connectivity index (χ2n) is 3.09. The predicted octanol–water partition coefficient (Wildman–Crippen LogP) is 0.768. The van der Waals surface area contributed by atoms with Gasteiger partial charge in [0, 0.05) is 13.6 Å². The quantitative estimate of drug-likeness (QED) is 0.548. The van der Waals surface area contributed by atoms with Crippen LogP contribution in [0.4, 0.5) is 0 Å². The summed E-state index contributed by atoms with van der Waals surface area (Å²) in [7, 11) is 1.68. The van der Waals surface area contributed by atoms with Gasteiger partial charge in [-0.25, -0.2) is 0 Å². The van der Waals surface area contributed by atoms with Crippen LogP contribution >= 0.6 is 0 Å². The Morgan fingerprint density at radius 3 is 2.73 bits per heavy atom. The van der Waals surface area contributed by atoms with Gasteiger partial charge in [-0.3, -0.25) is 4.79 Å². The monoisotopic (exact) mass is 152 g/mol. The minimum absolute atomic E-state index is 0.420. The number of carbonyl (C=O) groups is 1. The van der Waals surface area contributed by atoms with Gasteiger partial charge in [-0.1, -0.05) is 6.42 Å². The van der Waals surface area contributed by atoms with Gasteiger partial charge < -0.3 is 4.90 Å². The molecule has 1 saturated carbocycles. The fourth-order valence-corrected chi connectivity index (χ4v) is 1.23. The molecule has 0 N–H and O–H groups in total. The molecule has 1 aliphatic rings. The van der Waals surface area contributed by atoms with E-state index in [4.69, 9.17) is 5.26 Å². The molecule has 0 aromatic carbocycles. The average molecular weight is 152 g/mol. The molecule has 0 saturated heterocycles. The smallest absolute Gasteiger partial charge is 0.324 e. The first-order valence-electron chi connectivity index (χ1n) is 3.89. The van der Waals surface area contributed by atoms with Crippen molar-refractivity contribution in [3.8, 4) is 6.07 Å². The van der Waals surface area contributed by atoms with Crippen molar-refractivity contribution in [3.63, 3.8) is 0 Å². The van der Waals surface area contributed by atoms with Crippen LogP contribution in [0, 0.1) is 17.2 Å². The lowest BCUT2D eigenvalue weighted by atomic mass is 9.85. The van der Waals surface area contributed by atoms with Gasteiger partial charge in [-0.05, 0) is 18.8 Å². The maximum atomic E-state index is 10.8. The van der Waals surface area contributed by atoms with Gasteiger partial charge in [0.1, 0.15) is 0 Å². The van der Waals surface area contributed by atoms with Crippen LogP contribution in [-0.2, 0) is 4.79 Å². The number of hydrogen-bond donors (Lipinski definition) is 0. The van der Waals surface area contributed by atoms with E-state index in [0.29, 0.717) is 5.92 Å². The van der Waals surface area contributed by atoms with Crippen molar-refractivity contribution in [2.24, 2.45) is 5.92 Å². The Morgan fingerprint density at radius 2 is 2.36 bits per heavy atom. The molecule has 3 heteroatoms. The molecule has 1 amide bonds. The van der Waals surface area contributed by atoms with Crippen LogP contribution in [0.3, 0.4) is 0 Å². The first-order chi connectivity index (χ1) is 5.24. The first kappa shape index (κ1) is 8.06. The molecular weight excluding hydrogens is 140 g/mol. The summed E-state index contributed by atoms with van der Waals surface area (Å²) >= 11 is 0. The zero-order valence-electron chi connectivity index (χ0n) is 6.71. The molecule has 0 unspecified atom stereocenters. The van der Waals surface area contributed by atoms with Crippen molar-refractivity contribution in [1.29, 1.82) is 5.26 Å². The van der Waals surface area contributed by atoms with Crippen LogP contribution in [0.25, 0.3) is 0 Å². The van der Waals surface area contributed by atoms with Gasteiger partial charge in [-0.2, -0.15) is 5.26 Å². The van der Waals surface area contributed by atoms with Crippen LogP contribution in [0.15, 0.2) is 0 Å². The minimum atomic E-state index is -0.420. The van der Waals surface area contributed by atoms with Crippen molar-refractivity contribution in [2.45, 2.75) is 19.3 Å². The summed E-state index contributed by atoms with van der Waals surface area (Å²) in [6.07, 6.45) is 3.70. The summed E-state index contributed by atoms with van der Waals surface area (Å²) in [6, 6.07) is 1.61. The van der Waals surface area contributed by atoms with Gasteiger partial charge in [0.05, 0.1) is 0 Å². The Labute approximate surface area is 66.6 Å². The highest BCUT2D eigenvalue weighted by Crippen LogP contribution is 2.26. The number of carbonyl (C=O) groups excluding carboxylic acids is 1. The van der Waals surface area contributed by atoms with E-state index in [2.05, 4.69) is 0 Å². The van der Waals surface area contributed by atoms with Gasteiger partial charge in [0.15, 0.2) is 6.07 Å². The fraction of sp³-hybridized carbons (Fsp3) is 0.750. The third-order valence-electron chi connectivity index (χ3n) is 2.20. The summed E-state index contributed by atoms with van der Waals surface area (Å²) in [5.41, 5.74) is 0. The molecule has 0 aromatic heterocycles. The summed E-state index contributed by atoms with van der Waals surface area (Å²) in [6.45, 7) is 0.756. The van der Waals surface area contributed by atoms with Gasteiger partial charge in [0.25, 0.3) is 0 Å². The molecule has 1 fully saturated rings. The second kappa shape index (κ2) is 3.38. The van der Waals surface area contributed by atoms with Crippen molar-refractivity contribution in [3.05, 3.63) is 0 Å². The third kappa shape index (κ3) is 1.94. The number of amides is 1. The van der Waals surface area contributed by atoms with Crippen molar-refractivity contribution in [1.82, 2.24) is 4.90 Å². The summed E-state index contributed by atoms with van der Waals surface area (Å²) in [4.78, 5) is 12.3. The first-order valence-corrected chi connectivity index (χ1v) is 3.89. The lowest BCUT2D eigenvalue weighted by molar-refractivity contribution is -0.124. The zero-order chi connectivity index (χ0) is 8.27. The number of nitrogens with zero attached hydrogens (tertiary/aromatic N) is 2. The zero-order valence-corrected chi connectivity index (χ0v) is 6.71. The Kier molecular flexibility index (Phi) is 2.48. The van der Waals surface area contributed by atoms with E-state index in [1.807, 2.05) is 0 Å². The molecule has 11 heavy (non-hydrogen) atoms. The summed E-state index contributed by atoms with van der Waals surface area (Å²) in [5.74, 6) is 0.231. The van der Waals surface area contributed by atoms with Gasteiger partial charge in [0.2, 0.25) is 0 Å². The molecule has 1 aliphatic carbocycles. The Hall–Kier alpha value is -1.04. The van der Waals surface area contributed by atoms with E-state index in [9.17, 15) is 4.79 Å². The average Bonchev–Trinajstić information content (AvgIpc) is 1.94. The maximum absolute atomic E-state index is 10.8. The molecule has 0 atom stereocenters.